The van der Waals surface area contributed by atoms with Crippen LogP contribution < -0.4 is 0 Å². The van der Waals surface area contributed by atoms with Crippen LogP contribution in [-0.2, 0) is 19.3 Å². The number of fused-ring (bicyclic) bond motifs is 1. The van der Waals surface area contributed by atoms with Crippen LogP contribution in [0.4, 0.5) is 8.78 Å². The van der Waals surface area contributed by atoms with Gasteiger partial charge in [0.05, 0.1) is 5.56 Å². The van der Waals surface area contributed by atoms with Crippen LogP contribution in [0.25, 0.3) is 0 Å². The molecule has 0 saturated heterocycles. The summed E-state index contributed by atoms with van der Waals surface area (Å²) in [5, 5.41) is 0. The molecule has 0 fully saturated rings. The maximum Gasteiger partial charge on any atom is 0.145 e. The smallest absolute Gasteiger partial charge is 0.145 e. The number of hydrogen-bond donors (Lipinski definition) is 0. The summed E-state index contributed by atoms with van der Waals surface area (Å²) < 4.78 is 29.9. The van der Waals surface area contributed by atoms with Gasteiger partial charge in [0.1, 0.15) is 11.6 Å². The van der Waals surface area contributed by atoms with Crippen LogP contribution in [0.1, 0.15) is 77.6 Å². The van der Waals surface area contributed by atoms with E-state index in [1.54, 1.807) is 0 Å². The van der Waals surface area contributed by atoms with Gasteiger partial charge in [0.2, 0.25) is 0 Å². The summed E-state index contributed by atoms with van der Waals surface area (Å²) in [5.41, 5.74) is 6.01. The summed E-state index contributed by atoms with van der Waals surface area (Å²) in [6.45, 7) is 6.22. The molecule has 1 aliphatic carbocycles. The van der Waals surface area contributed by atoms with Gasteiger partial charge in [-0.1, -0.05) is 62.5 Å². The minimum absolute atomic E-state index is 0.133. The Kier molecular flexibility index (Phi) is 8.26. The molecule has 0 radical (unpaired) electrons. The third kappa shape index (κ3) is 6.06. The molecule has 180 valence electrons. The lowest BCUT2D eigenvalue weighted by molar-refractivity contribution is 0.411. The Hall–Kier alpha value is -3.80. The lowest BCUT2D eigenvalue weighted by Gasteiger charge is -2.25. The van der Waals surface area contributed by atoms with E-state index in [4.69, 9.17) is 0 Å². The zero-order chi connectivity index (χ0) is 25.5. The average molecular weight is 477 g/mol. The van der Waals surface area contributed by atoms with Crippen LogP contribution in [0.5, 0.6) is 0 Å². The first-order chi connectivity index (χ1) is 17.5. The lowest BCUT2D eigenvalue weighted by Crippen LogP contribution is -2.17. The van der Waals surface area contributed by atoms with Crippen LogP contribution >= 0.6 is 0 Å². The molecule has 1 aliphatic rings. The fraction of sp³-hybridized carbons (Fsp3) is 0.294. The Labute approximate surface area is 214 Å². The van der Waals surface area contributed by atoms with E-state index in [9.17, 15) is 4.39 Å². The highest BCUT2D eigenvalue weighted by molar-refractivity contribution is 5.53. The normalized spacial score (nSPS) is 13.9. The van der Waals surface area contributed by atoms with E-state index >= 15 is 4.39 Å². The van der Waals surface area contributed by atoms with Gasteiger partial charge >= 0.3 is 0 Å². The molecule has 3 aromatic carbocycles. The molecule has 2 heteroatoms. The predicted molar refractivity (Wildman–Crippen MR) is 144 cm³/mol. The van der Waals surface area contributed by atoms with E-state index in [0.29, 0.717) is 23.5 Å². The Bertz CT molecular complexity index is 1440. The Morgan fingerprint density at radius 3 is 2.33 bits per heavy atom. The van der Waals surface area contributed by atoms with Gasteiger partial charge in [0, 0.05) is 16.7 Å². The summed E-state index contributed by atoms with van der Waals surface area (Å²) >= 11 is 0. The van der Waals surface area contributed by atoms with Gasteiger partial charge in [-0.15, -0.1) is 0 Å². The monoisotopic (exact) mass is 476 g/mol. The van der Waals surface area contributed by atoms with Crippen molar-refractivity contribution >= 4 is 0 Å². The molecule has 36 heavy (non-hydrogen) atoms. The molecule has 0 N–H and O–H groups in total. The molecule has 1 atom stereocenters. The summed E-state index contributed by atoms with van der Waals surface area (Å²) in [4.78, 5) is 0. The van der Waals surface area contributed by atoms with Crippen LogP contribution in [-0.4, -0.2) is 0 Å². The summed E-state index contributed by atoms with van der Waals surface area (Å²) in [6.07, 6.45) is 5.56. The summed E-state index contributed by atoms with van der Waals surface area (Å²) in [6, 6.07) is 15.2. The Morgan fingerprint density at radius 1 is 0.861 bits per heavy atom. The second kappa shape index (κ2) is 11.8. The molecular formula is C34H30F2. The van der Waals surface area contributed by atoms with Gasteiger partial charge in [-0.3, -0.25) is 0 Å². The Morgan fingerprint density at radius 2 is 1.61 bits per heavy atom. The second-order valence-corrected chi connectivity index (χ2v) is 9.41. The molecule has 0 spiro atoms. The van der Waals surface area contributed by atoms with Gasteiger partial charge in [-0.05, 0) is 109 Å². The highest BCUT2D eigenvalue weighted by Gasteiger charge is 2.24. The first-order valence-electron chi connectivity index (χ1n) is 12.7. The number of halogens is 2. The molecule has 0 amide bonds. The van der Waals surface area contributed by atoms with Crippen LogP contribution in [0, 0.1) is 60.0 Å². The van der Waals surface area contributed by atoms with E-state index in [1.807, 2.05) is 37.3 Å². The molecule has 3 aromatic rings. The van der Waals surface area contributed by atoms with Crippen molar-refractivity contribution in [2.24, 2.45) is 5.92 Å². The quantitative estimate of drug-likeness (QED) is 0.343. The van der Waals surface area contributed by atoms with Crippen molar-refractivity contribution in [1.82, 2.24) is 0 Å². The fourth-order valence-electron chi connectivity index (χ4n) is 4.73. The van der Waals surface area contributed by atoms with E-state index in [0.717, 1.165) is 54.4 Å². The lowest BCUT2D eigenvalue weighted by atomic mass is 9.81. The van der Waals surface area contributed by atoms with E-state index in [2.05, 4.69) is 61.5 Å². The summed E-state index contributed by atoms with van der Waals surface area (Å²) in [5.74, 6) is 17.1. The van der Waals surface area contributed by atoms with Crippen molar-refractivity contribution in [2.75, 3.05) is 0 Å². The minimum Gasteiger partial charge on any atom is -0.206 e. The topological polar surface area (TPSA) is 0 Å². The molecule has 0 nitrogen and oxygen atoms in total. The van der Waals surface area contributed by atoms with Crippen LogP contribution in [0.3, 0.4) is 0 Å². The van der Waals surface area contributed by atoms with E-state index in [1.165, 1.54) is 11.6 Å². The van der Waals surface area contributed by atoms with Crippen LogP contribution in [0.2, 0.25) is 0 Å². The highest BCUT2D eigenvalue weighted by atomic mass is 19.1. The van der Waals surface area contributed by atoms with Gasteiger partial charge < -0.3 is 0 Å². The van der Waals surface area contributed by atoms with Crippen molar-refractivity contribution in [2.45, 2.75) is 59.3 Å². The van der Waals surface area contributed by atoms with Crippen molar-refractivity contribution in [3.63, 3.8) is 0 Å². The average Bonchev–Trinajstić information content (AvgIpc) is 2.88. The predicted octanol–water partition coefficient (Wildman–Crippen LogP) is 7.54. The largest absolute Gasteiger partial charge is 0.206 e. The minimum atomic E-state index is -0.571. The molecule has 1 unspecified atom stereocenters. The molecule has 0 aliphatic heterocycles. The number of hydrogen-bond acceptors (Lipinski definition) is 0. The van der Waals surface area contributed by atoms with Crippen molar-refractivity contribution in [3.05, 3.63) is 105 Å². The maximum atomic E-state index is 15.1. The van der Waals surface area contributed by atoms with E-state index < -0.39 is 11.6 Å². The molecular weight excluding hydrogens is 446 g/mol. The van der Waals surface area contributed by atoms with Crippen LogP contribution in [0.15, 0.2) is 48.5 Å². The maximum absolute atomic E-state index is 15.1. The zero-order valence-electron chi connectivity index (χ0n) is 21.2. The summed E-state index contributed by atoms with van der Waals surface area (Å²) in [7, 11) is 0. The number of rotatable bonds is 3. The van der Waals surface area contributed by atoms with Crippen molar-refractivity contribution in [3.8, 4) is 35.5 Å². The molecule has 0 bridgehead atoms. The Balaban J connectivity index is 1.50. The second-order valence-electron chi connectivity index (χ2n) is 9.41. The molecule has 0 aromatic heterocycles. The molecule has 0 saturated carbocycles. The van der Waals surface area contributed by atoms with Gasteiger partial charge in [0.25, 0.3) is 0 Å². The molecule has 0 heterocycles. The highest BCUT2D eigenvalue weighted by Crippen LogP contribution is 2.32. The zero-order valence-corrected chi connectivity index (χ0v) is 21.2. The number of benzene rings is 3. The first kappa shape index (κ1) is 25.3. The molecule has 4 rings (SSSR count). The van der Waals surface area contributed by atoms with Gasteiger partial charge in [-0.25, -0.2) is 8.78 Å². The van der Waals surface area contributed by atoms with Gasteiger partial charge in [0.15, 0.2) is 0 Å². The standard InChI is InChI=1S/C34H30F2/c1-4-8-27-16-19-31-30(22-27)23-33(35)32(34(31)36)20-17-28-15-18-29(24(3)21-28)10-7-6-9-26-13-11-25(5-2)12-14-26/h11-15,18,21,23,27H,4-5,8,16,19,22H2,1-3H3. The third-order valence-corrected chi connectivity index (χ3v) is 6.81. The van der Waals surface area contributed by atoms with Gasteiger partial charge in [-0.2, -0.15) is 0 Å². The third-order valence-electron chi connectivity index (χ3n) is 6.81. The van der Waals surface area contributed by atoms with E-state index in [-0.39, 0.29) is 5.56 Å². The number of aryl methyl sites for hydroxylation is 2. The fourth-order valence-corrected chi connectivity index (χ4v) is 4.73. The van der Waals surface area contributed by atoms with Crippen molar-refractivity contribution in [1.29, 1.82) is 0 Å². The SMILES string of the molecule is CCCC1CCc2c(cc(F)c(C#Cc3ccc(C#CC#Cc4ccc(CC)cc4)c(C)c3)c2F)C1. The van der Waals surface area contributed by atoms with Crippen molar-refractivity contribution < 1.29 is 8.78 Å². The first-order valence-corrected chi connectivity index (χ1v) is 12.7.